The van der Waals surface area contributed by atoms with E-state index in [9.17, 15) is 4.79 Å². The summed E-state index contributed by atoms with van der Waals surface area (Å²) in [6.07, 6.45) is 6.15. The first-order chi connectivity index (χ1) is 10.1. The fourth-order valence-electron chi connectivity index (χ4n) is 2.76. The van der Waals surface area contributed by atoms with Gasteiger partial charge in [0.05, 0.1) is 23.6 Å². The minimum Gasteiger partial charge on any atom is -0.348 e. The third kappa shape index (κ3) is 3.28. The molecule has 0 saturated heterocycles. The number of halogens is 1. The van der Waals surface area contributed by atoms with Crippen LogP contribution in [-0.4, -0.2) is 33.0 Å². The van der Waals surface area contributed by atoms with Gasteiger partial charge in [-0.05, 0) is 38.3 Å². The van der Waals surface area contributed by atoms with E-state index in [1.807, 2.05) is 25.1 Å². The van der Waals surface area contributed by atoms with Crippen molar-refractivity contribution in [2.24, 2.45) is 5.73 Å². The van der Waals surface area contributed by atoms with Crippen LogP contribution in [0.1, 0.15) is 35.2 Å². The second-order valence-electron chi connectivity index (χ2n) is 5.51. The highest BCUT2D eigenvalue weighted by Crippen LogP contribution is 2.19. The zero-order valence-corrected chi connectivity index (χ0v) is 13.2. The highest BCUT2D eigenvalue weighted by Gasteiger charge is 2.26. The molecule has 118 valence electrons. The molecule has 3 rings (SSSR count). The van der Waals surface area contributed by atoms with Crippen LogP contribution in [0.3, 0.4) is 0 Å². The number of nitrogens with zero attached hydrogens (tertiary/aromatic N) is 3. The number of aromatic nitrogens is 3. The van der Waals surface area contributed by atoms with Gasteiger partial charge in [0.2, 0.25) is 0 Å². The summed E-state index contributed by atoms with van der Waals surface area (Å²) in [5.74, 6) is -0.117. The van der Waals surface area contributed by atoms with Crippen LogP contribution >= 0.6 is 12.4 Å². The number of hydrogen-bond donors (Lipinski definition) is 2. The summed E-state index contributed by atoms with van der Waals surface area (Å²) in [6, 6.07) is 5.76. The number of nitrogens with one attached hydrogen (secondary N) is 1. The topological polar surface area (TPSA) is 85.8 Å². The summed E-state index contributed by atoms with van der Waals surface area (Å²) in [5.41, 5.74) is 8.29. The Morgan fingerprint density at radius 1 is 1.32 bits per heavy atom. The summed E-state index contributed by atoms with van der Waals surface area (Å²) >= 11 is 0. The normalized spacial score (nSPS) is 20.5. The number of carbonyl (C=O) groups is 1. The quantitative estimate of drug-likeness (QED) is 0.899. The first-order valence-corrected chi connectivity index (χ1v) is 7.19. The van der Waals surface area contributed by atoms with E-state index in [1.165, 1.54) is 4.80 Å². The van der Waals surface area contributed by atoms with Crippen LogP contribution in [0.2, 0.25) is 0 Å². The van der Waals surface area contributed by atoms with E-state index in [-0.39, 0.29) is 30.4 Å². The molecule has 1 aliphatic carbocycles. The maximum Gasteiger partial charge on any atom is 0.253 e. The predicted molar refractivity (Wildman–Crippen MR) is 86.4 cm³/mol. The van der Waals surface area contributed by atoms with Gasteiger partial charge in [-0.1, -0.05) is 11.6 Å². The van der Waals surface area contributed by atoms with Crippen LogP contribution in [0.4, 0.5) is 0 Å². The van der Waals surface area contributed by atoms with E-state index in [4.69, 9.17) is 5.73 Å². The van der Waals surface area contributed by atoms with Gasteiger partial charge in [0, 0.05) is 12.1 Å². The summed E-state index contributed by atoms with van der Waals surface area (Å²) in [4.78, 5) is 14.0. The Morgan fingerprint density at radius 2 is 2.05 bits per heavy atom. The van der Waals surface area contributed by atoms with Crippen molar-refractivity contribution < 1.29 is 4.79 Å². The molecule has 1 saturated carbocycles. The molecule has 2 aromatic rings. The van der Waals surface area contributed by atoms with E-state index in [0.29, 0.717) is 11.3 Å². The third-order valence-electron chi connectivity index (χ3n) is 3.92. The summed E-state index contributed by atoms with van der Waals surface area (Å²) in [7, 11) is 0. The number of hydrogen-bond acceptors (Lipinski definition) is 4. The van der Waals surface area contributed by atoms with Crippen LogP contribution in [0, 0.1) is 6.92 Å². The first kappa shape index (κ1) is 16.5. The van der Waals surface area contributed by atoms with Gasteiger partial charge >= 0.3 is 0 Å². The molecule has 0 aliphatic heterocycles. The molecule has 7 heteroatoms. The molecule has 0 radical (unpaired) electrons. The maximum absolute atomic E-state index is 12.6. The van der Waals surface area contributed by atoms with Crippen molar-refractivity contribution in [3.8, 4) is 5.69 Å². The number of rotatable bonds is 3. The highest BCUT2D eigenvalue weighted by atomic mass is 35.5. The van der Waals surface area contributed by atoms with Gasteiger partial charge in [-0.25, -0.2) is 0 Å². The lowest BCUT2D eigenvalue weighted by molar-refractivity contribution is 0.0934. The minimum absolute atomic E-state index is 0. The van der Waals surface area contributed by atoms with E-state index in [2.05, 4.69) is 15.5 Å². The molecule has 1 aromatic carbocycles. The molecular formula is C15H20ClN5O. The Labute approximate surface area is 135 Å². The minimum atomic E-state index is -0.117. The molecule has 2 atom stereocenters. The van der Waals surface area contributed by atoms with Gasteiger partial charge in [-0.2, -0.15) is 15.0 Å². The van der Waals surface area contributed by atoms with Gasteiger partial charge in [-0.15, -0.1) is 12.4 Å². The van der Waals surface area contributed by atoms with Gasteiger partial charge in [0.25, 0.3) is 5.91 Å². The Balaban J connectivity index is 0.00000176. The van der Waals surface area contributed by atoms with E-state index < -0.39 is 0 Å². The maximum atomic E-state index is 12.6. The number of aryl methyl sites for hydroxylation is 1. The second-order valence-corrected chi connectivity index (χ2v) is 5.51. The Hall–Kier alpha value is -1.92. The van der Waals surface area contributed by atoms with Gasteiger partial charge in [-0.3, -0.25) is 4.79 Å². The standard InChI is InChI=1S/C15H19N5O.ClH/c1-10-5-6-14(20-17-7-8-18-20)11(9-10)15(21)19-13-4-2-3-12(13)16;/h5-9,12-13H,2-4,16H2,1H3,(H,19,21);1H/t12-,13+;/m0./s1. The molecule has 1 fully saturated rings. The fourth-order valence-corrected chi connectivity index (χ4v) is 2.76. The zero-order chi connectivity index (χ0) is 14.8. The lowest BCUT2D eigenvalue weighted by Gasteiger charge is -2.18. The SMILES string of the molecule is Cc1ccc(-n2nccn2)c(C(=O)N[C@@H]2CCC[C@@H]2N)c1.Cl. The lowest BCUT2D eigenvalue weighted by atomic mass is 10.1. The Morgan fingerprint density at radius 3 is 2.68 bits per heavy atom. The summed E-state index contributed by atoms with van der Waals surface area (Å²) in [6.45, 7) is 1.96. The molecule has 6 nitrogen and oxygen atoms in total. The van der Waals surface area contributed by atoms with Crippen molar-refractivity contribution >= 4 is 18.3 Å². The van der Waals surface area contributed by atoms with Crippen molar-refractivity contribution in [2.75, 3.05) is 0 Å². The average molecular weight is 322 g/mol. The van der Waals surface area contributed by atoms with Crippen LogP contribution in [0.5, 0.6) is 0 Å². The van der Waals surface area contributed by atoms with Crippen LogP contribution in [-0.2, 0) is 0 Å². The number of carbonyl (C=O) groups excluding carboxylic acids is 1. The first-order valence-electron chi connectivity index (χ1n) is 7.19. The molecule has 0 unspecified atom stereocenters. The average Bonchev–Trinajstić information content (AvgIpc) is 3.11. The molecule has 0 bridgehead atoms. The van der Waals surface area contributed by atoms with Gasteiger partial charge in [0.15, 0.2) is 0 Å². The van der Waals surface area contributed by atoms with Crippen molar-refractivity contribution in [1.29, 1.82) is 0 Å². The van der Waals surface area contributed by atoms with Crippen LogP contribution in [0.25, 0.3) is 5.69 Å². The van der Waals surface area contributed by atoms with E-state index >= 15 is 0 Å². The van der Waals surface area contributed by atoms with Gasteiger partial charge in [0.1, 0.15) is 0 Å². The summed E-state index contributed by atoms with van der Waals surface area (Å²) < 4.78 is 0. The van der Waals surface area contributed by atoms with Crippen molar-refractivity contribution in [3.63, 3.8) is 0 Å². The monoisotopic (exact) mass is 321 g/mol. The van der Waals surface area contributed by atoms with Crippen LogP contribution in [0.15, 0.2) is 30.6 Å². The van der Waals surface area contributed by atoms with Crippen molar-refractivity contribution in [2.45, 2.75) is 38.3 Å². The van der Waals surface area contributed by atoms with E-state index in [1.54, 1.807) is 12.4 Å². The lowest BCUT2D eigenvalue weighted by Crippen LogP contribution is -2.44. The molecule has 3 N–H and O–H groups in total. The number of benzene rings is 1. The Kier molecular flexibility index (Phi) is 5.15. The smallest absolute Gasteiger partial charge is 0.253 e. The zero-order valence-electron chi connectivity index (χ0n) is 12.4. The fraction of sp³-hybridized carbons (Fsp3) is 0.400. The molecule has 1 heterocycles. The third-order valence-corrected chi connectivity index (χ3v) is 3.92. The Bertz CT molecular complexity index is 643. The molecular weight excluding hydrogens is 302 g/mol. The number of nitrogens with two attached hydrogens (primary N) is 1. The largest absolute Gasteiger partial charge is 0.348 e. The molecule has 22 heavy (non-hydrogen) atoms. The predicted octanol–water partition coefficient (Wildman–Crippen LogP) is 1.61. The molecule has 1 aromatic heterocycles. The van der Waals surface area contributed by atoms with Crippen molar-refractivity contribution in [1.82, 2.24) is 20.3 Å². The summed E-state index contributed by atoms with van der Waals surface area (Å²) in [5, 5.41) is 11.3. The molecule has 0 spiro atoms. The highest BCUT2D eigenvalue weighted by molar-refractivity contribution is 5.98. The molecule has 1 aliphatic rings. The van der Waals surface area contributed by atoms with E-state index in [0.717, 1.165) is 24.8 Å². The van der Waals surface area contributed by atoms with Gasteiger partial charge < -0.3 is 11.1 Å². The van der Waals surface area contributed by atoms with Crippen molar-refractivity contribution in [3.05, 3.63) is 41.7 Å². The van der Waals surface area contributed by atoms with Crippen LogP contribution < -0.4 is 11.1 Å². The number of amides is 1. The second kappa shape index (κ2) is 6.89. The molecule has 1 amide bonds.